The maximum Gasteiger partial charge on any atom is 0.308 e. The van der Waals surface area contributed by atoms with Crippen LogP contribution in [0.15, 0.2) is 22.7 Å². The third-order valence-corrected chi connectivity index (χ3v) is 5.51. The van der Waals surface area contributed by atoms with Gasteiger partial charge >= 0.3 is 5.97 Å². The lowest BCUT2D eigenvalue weighted by atomic mass is 10.1. The number of nitrogens with zero attached hydrogens (tertiary/aromatic N) is 1. The molecule has 1 fully saturated rings. The van der Waals surface area contributed by atoms with Crippen LogP contribution in [0.25, 0.3) is 0 Å². The van der Waals surface area contributed by atoms with Crippen molar-refractivity contribution in [3.63, 3.8) is 0 Å². The van der Waals surface area contributed by atoms with E-state index in [2.05, 4.69) is 40.4 Å². The molecule has 1 aromatic rings. The Morgan fingerprint density at radius 2 is 2.03 bits per heavy atom. The van der Waals surface area contributed by atoms with E-state index in [4.69, 9.17) is 21.7 Å². The van der Waals surface area contributed by atoms with E-state index < -0.39 is 17.9 Å². The number of amides is 2. The first-order valence-corrected chi connectivity index (χ1v) is 11.8. The van der Waals surface area contributed by atoms with E-state index >= 15 is 0 Å². The fourth-order valence-electron chi connectivity index (χ4n) is 3.08. The Morgan fingerprint density at radius 3 is 2.69 bits per heavy atom. The molecule has 1 atom stereocenters. The molecule has 2 rings (SSSR count). The van der Waals surface area contributed by atoms with E-state index in [1.54, 1.807) is 36.9 Å². The quantitative estimate of drug-likeness (QED) is 0.396. The highest BCUT2D eigenvalue weighted by Crippen LogP contribution is 2.24. The van der Waals surface area contributed by atoms with Crippen molar-refractivity contribution in [2.24, 2.45) is 5.92 Å². The molecule has 2 N–H and O–H groups in total. The molecule has 2 amide bonds. The average Bonchev–Trinajstić information content (AvgIpc) is 2.69. The average molecular weight is 528 g/mol. The predicted octanol–water partition coefficient (Wildman–Crippen LogP) is 3.03. The molecule has 0 saturated carbocycles. The predicted molar refractivity (Wildman–Crippen MR) is 129 cm³/mol. The molecule has 0 aliphatic carbocycles. The Labute approximate surface area is 202 Å². The molecule has 32 heavy (non-hydrogen) atoms. The Bertz CT molecular complexity index is 862. The van der Waals surface area contributed by atoms with Crippen LogP contribution in [0.3, 0.4) is 0 Å². The van der Waals surface area contributed by atoms with Gasteiger partial charge in [-0.1, -0.05) is 29.8 Å². The summed E-state index contributed by atoms with van der Waals surface area (Å²) in [6.07, 6.45) is 0.396. The van der Waals surface area contributed by atoms with Crippen LogP contribution in [-0.2, 0) is 14.3 Å². The summed E-state index contributed by atoms with van der Waals surface area (Å²) >= 11 is 8.81. The molecule has 1 saturated heterocycles. The number of thiocarbonyl (C=S) groups is 1. The molecular formula is C22H30BrN3O5S. The van der Waals surface area contributed by atoms with Crippen molar-refractivity contribution >= 4 is 51.0 Å². The second-order valence-corrected chi connectivity index (χ2v) is 9.48. The Balaban J connectivity index is 2.12. The van der Waals surface area contributed by atoms with Gasteiger partial charge in [0.15, 0.2) is 5.11 Å². The number of ether oxygens (including phenoxy) is 2. The number of hydrogen-bond donors (Lipinski definition) is 2. The number of esters is 1. The summed E-state index contributed by atoms with van der Waals surface area (Å²) in [6, 6.07) is 4.32. The molecular weight excluding hydrogens is 498 g/mol. The van der Waals surface area contributed by atoms with E-state index in [1.165, 1.54) is 0 Å². The summed E-state index contributed by atoms with van der Waals surface area (Å²) in [7, 11) is 0. The number of carbonyl (C=O) groups excluding carboxylic acids is 3. The molecule has 0 bridgehead atoms. The van der Waals surface area contributed by atoms with Gasteiger partial charge in [0.1, 0.15) is 11.8 Å². The largest absolute Gasteiger partial charge is 0.493 e. The van der Waals surface area contributed by atoms with E-state index in [1.807, 2.05) is 0 Å². The van der Waals surface area contributed by atoms with Gasteiger partial charge in [-0.2, -0.15) is 0 Å². The number of hydrogen-bond acceptors (Lipinski definition) is 6. The molecule has 1 aliphatic rings. The summed E-state index contributed by atoms with van der Waals surface area (Å²) in [4.78, 5) is 39.1. The summed E-state index contributed by atoms with van der Waals surface area (Å²) in [5.74, 6) is -0.379. The van der Waals surface area contributed by atoms with Gasteiger partial charge < -0.3 is 19.7 Å². The van der Waals surface area contributed by atoms with Gasteiger partial charge in [0.25, 0.3) is 5.91 Å². The monoisotopic (exact) mass is 527 g/mol. The van der Waals surface area contributed by atoms with Crippen molar-refractivity contribution in [1.29, 1.82) is 0 Å². The van der Waals surface area contributed by atoms with Crippen molar-refractivity contribution < 1.29 is 23.9 Å². The van der Waals surface area contributed by atoms with Crippen molar-refractivity contribution in [1.82, 2.24) is 15.5 Å². The zero-order valence-electron chi connectivity index (χ0n) is 18.8. The van der Waals surface area contributed by atoms with Gasteiger partial charge in [0.05, 0.1) is 24.7 Å². The van der Waals surface area contributed by atoms with E-state index in [-0.39, 0.29) is 23.5 Å². The molecule has 0 spiro atoms. The molecule has 8 nitrogen and oxygen atoms in total. The molecule has 0 radical (unpaired) electrons. The highest BCUT2D eigenvalue weighted by Gasteiger charge is 2.34. The SMILES string of the molecule is CC(C)CCOc1ccc(Br)cc1C(=O)NC(=S)N1CCNC(=O)C1CC(=O)OC(C)C. The van der Waals surface area contributed by atoms with Crippen molar-refractivity contribution in [2.45, 2.75) is 52.7 Å². The van der Waals surface area contributed by atoms with Gasteiger partial charge in [-0.3, -0.25) is 19.7 Å². The van der Waals surface area contributed by atoms with Gasteiger partial charge in [-0.05, 0) is 56.6 Å². The van der Waals surface area contributed by atoms with Gasteiger partial charge in [0, 0.05) is 17.6 Å². The lowest BCUT2D eigenvalue weighted by Crippen LogP contribution is -2.60. The third kappa shape index (κ3) is 7.74. The van der Waals surface area contributed by atoms with Crippen LogP contribution >= 0.6 is 28.1 Å². The second kappa shape index (κ2) is 12.2. The molecule has 1 aromatic carbocycles. The fraction of sp³-hybridized carbons (Fsp3) is 0.545. The Hall–Kier alpha value is -2.20. The van der Waals surface area contributed by atoms with Crippen LogP contribution in [-0.4, -0.2) is 59.6 Å². The van der Waals surface area contributed by atoms with Crippen molar-refractivity contribution in [3.8, 4) is 5.75 Å². The number of benzene rings is 1. The van der Waals surface area contributed by atoms with Gasteiger partial charge in [0.2, 0.25) is 5.91 Å². The standard InChI is InChI=1S/C22H30BrN3O5S/c1-13(2)7-10-30-18-6-5-15(23)11-16(18)20(28)25-22(32)26-9-8-24-21(29)17(26)12-19(27)31-14(3)4/h5-6,11,13-14,17H,7-10,12H2,1-4H3,(H,24,29)(H,25,28,32). The highest BCUT2D eigenvalue weighted by molar-refractivity contribution is 9.10. The van der Waals surface area contributed by atoms with Crippen LogP contribution in [0, 0.1) is 5.92 Å². The minimum Gasteiger partial charge on any atom is -0.493 e. The zero-order valence-corrected chi connectivity index (χ0v) is 21.2. The number of rotatable bonds is 8. The van der Waals surface area contributed by atoms with Crippen molar-refractivity contribution in [2.75, 3.05) is 19.7 Å². The first-order chi connectivity index (χ1) is 15.1. The molecule has 0 aromatic heterocycles. The van der Waals surface area contributed by atoms with Crippen LogP contribution in [0.5, 0.6) is 5.75 Å². The summed E-state index contributed by atoms with van der Waals surface area (Å²) in [6.45, 7) is 8.86. The number of halogens is 1. The van der Waals surface area contributed by atoms with E-state index in [0.29, 0.717) is 36.9 Å². The maximum atomic E-state index is 13.0. The number of nitrogens with one attached hydrogen (secondary N) is 2. The normalized spacial score (nSPS) is 16.0. The first-order valence-electron chi connectivity index (χ1n) is 10.6. The highest BCUT2D eigenvalue weighted by atomic mass is 79.9. The lowest BCUT2D eigenvalue weighted by molar-refractivity contribution is -0.150. The van der Waals surface area contributed by atoms with Crippen LogP contribution in [0.1, 0.15) is 50.9 Å². The van der Waals surface area contributed by atoms with E-state index in [0.717, 1.165) is 10.9 Å². The molecule has 1 aliphatic heterocycles. The van der Waals surface area contributed by atoms with E-state index in [9.17, 15) is 14.4 Å². The van der Waals surface area contributed by atoms with Crippen molar-refractivity contribution in [3.05, 3.63) is 28.2 Å². The summed E-state index contributed by atoms with van der Waals surface area (Å²) in [5, 5.41) is 5.48. The number of piperazine rings is 1. The van der Waals surface area contributed by atoms with Gasteiger partial charge in [-0.15, -0.1) is 0 Å². The zero-order chi connectivity index (χ0) is 23.8. The first kappa shape index (κ1) is 26.1. The summed E-state index contributed by atoms with van der Waals surface area (Å²) < 4.78 is 11.7. The van der Waals surface area contributed by atoms with Crippen LogP contribution in [0.4, 0.5) is 0 Å². The Kier molecular flexibility index (Phi) is 9.89. The maximum absolute atomic E-state index is 13.0. The smallest absolute Gasteiger partial charge is 0.308 e. The second-order valence-electron chi connectivity index (χ2n) is 8.17. The minimum absolute atomic E-state index is 0.0697. The molecule has 1 unspecified atom stereocenters. The lowest BCUT2D eigenvalue weighted by Gasteiger charge is -2.36. The molecule has 1 heterocycles. The van der Waals surface area contributed by atoms with Crippen LogP contribution in [0.2, 0.25) is 0 Å². The number of carbonyl (C=O) groups is 3. The summed E-state index contributed by atoms with van der Waals surface area (Å²) in [5.41, 5.74) is 0.322. The topological polar surface area (TPSA) is 97.0 Å². The minimum atomic E-state index is -0.855. The third-order valence-electron chi connectivity index (χ3n) is 4.68. The van der Waals surface area contributed by atoms with Crippen LogP contribution < -0.4 is 15.4 Å². The Morgan fingerprint density at radius 1 is 1.31 bits per heavy atom. The molecule has 176 valence electrons. The van der Waals surface area contributed by atoms with Gasteiger partial charge in [-0.25, -0.2) is 0 Å². The fourth-order valence-corrected chi connectivity index (χ4v) is 3.75. The molecule has 10 heteroatoms.